The van der Waals surface area contributed by atoms with Crippen LogP contribution in [0.5, 0.6) is 0 Å². The fourth-order valence-corrected chi connectivity index (χ4v) is 10.1. The van der Waals surface area contributed by atoms with Gasteiger partial charge in [-0.1, -0.05) is 39.3 Å². The van der Waals surface area contributed by atoms with E-state index in [2.05, 4.69) is 46.0 Å². The second-order valence-electron chi connectivity index (χ2n) is 14.1. The first-order valence-electron chi connectivity index (χ1n) is 15.4. The lowest BCUT2D eigenvalue weighted by atomic mass is 9.47. The minimum atomic E-state index is -0.145. The fraction of sp³-hybridized carbons (Fsp3) is 0.818. The average Bonchev–Trinajstić information content (AvgIpc) is 3.30. The molecule has 0 radical (unpaired) electrons. The Morgan fingerprint density at radius 1 is 1.18 bits per heavy atom. The van der Waals surface area contributed by atoms with Crippen LogP contribution in [0.15, 0.2) is 23.0 Å². The first-order chi connectivity index (χ1) is 17.9. The van der Waals surface area contributed by atoms with Crippen LogP contribution in [0.1, 0.15) is 113 Å². The van der Waals surface area contributed by atoms with E-state index in [-0.39, 0.29) is 29.0 Å². The lowest BCUT2D eigenvalue weighted by molar-refractivity contribution is -0.148. The molecular weight excluding hydrogens is 474 g/mol. The van der Waals surface area contributed by atoms with E-state index in [0.29, 0.717) is 23.2 Å². The first kappa shape index (κ1) is 27.8. The molecule has 4 aliphatic carbocycles. The van der Waals surface area contributed by atoms with Gasteiger partial charge >= 0.3 is 5.97 Å². The third-order valence-corrected chi connectivity index (χ3v) is 11.9. The van der Waals surface area contributed by atoms with E-state index < -0.39 is 0 Å². The van der Waals surface area contributed by atoms with Crippen LogP contribution in [0.3, 0.4) is 0 Å². The highest BCUT2D eigenvalue weighted by atomic mass is 16.5. The van der Waals surface area contributed by atoms with Crippen LogP contribution in [0.2, 0.25) is 0 Å². The molecule has 9 atom stereocenters. The molecule has 5 heteroatoms. The van der Waals surface area contributed by atoms with Gasteiger partial charge in [0, 0.05) is 39.2 Å². The molecule has 1 amide bonds. The van der Waals surface area contributed by atoms with Gasteiger partial charge in [-0.2, -0.15) is 0 Å². The average molecular weight is 526 g/mol. The van der Waals surface area contributed by atoms with E-state index in [0.717, 1.165) is 56.9 Å². The van der Waals surface area contributed by atoms with Gasteiger partial charge in [0.15, 0.2) is 0 Å². The standard InChI is InChI=1S/C33H51NO4/c1-8-33-18-28-26-11-10-24-17-25(37-23(5)36)13-15-31(24,6)27(26)14-16-32(28,7)30(33)21(3)29(38-33)12-9-20(2)19-34-22(4)35/h10,20,25-28,30H,8-9,11-19H2,1-7H3,(H,34,35)/t20-,25-,26-,27+,28+,30-,31-,32-,33+/m0/s1. The number of carbonyl (C=O) groups is 2. The SMILES string of the molecule is CC[C@@]12C[C@@H]3[C@H]4CC=C5C[C@@H](OC(C)=O)CC[C@]5(C)[C@@H]4CC[C@]3(C)[C@@H]1C(C)=C(CC[C@H](C)CNC(C)=O)O2. The number of rotatable bonds is 7. The summed E-state index contributed by atoms with van der Waals surface area (Å²) in [6, 6.07) is 0. The smallest absolute Gasteiger partial charge is 0.302 e. The molecule has 0 unspecified atom stereocenters. The summed E-state index contributed by atoms with van der Waals surface area (Å²) < 4.78 is 12.7. The van der Waals surface area contributed by atoms with Gasteiger partial charge in [0.05, 0.1) is 5.76 Å². The highest BCUT2D eigenvalue weighted by Gasteiger charge is 2.68. The molecule has 3 fully saturated rings. The van der Waals surface area contributed by atoms with Crippen molar-refractivity contribution in [3.8, 4) is 0 Å². The van der Waals surface area contributed by atoms with Gasteiger partial charge in [0.1, 0.15) is 11.7 Å². The van der Waals surface area contributed by atoms with Crippen LogP contribution >= 0.6 is 0 Å². The molecule has 3 saturated carbocycles. The quantitative estimate of drug-likeness (QED) is 0.284. The topological polar surface area (TPSA) is 64.6 Å². The van der Waals surface area contributed by atoms with Gasteiger partial charge in [0.25, 0.3) is 0 Å². The Bertz CT molecular complexity index is 1030. The summed E-state index contributed by atoms with van der Waals surface area (Å²) >= 11 is 0. The predicted octanol–water partition coefficient (Wildman–Crippen LogP) is 7.11. The molecule has 0 saturated heterocycles. The van der Waals surface area contributed by atoms with Gasteiger partial charge in [-0.15, -0.1) is 0 Å². The van der Waals surface area contributed by atoms with Gasteiger partial charge in [0.2, 0.25) is 5.91 Å². The second kappa shape index (κ2) is 10.0. The molecule has 1 N–H and O–H groups in total. The molecule has 0 aromatic carbocycles. The van der Waals surface area contributed by atoms with Crippen molar-refractivity contribution in [2.75, 3.05) is 6.54 Å². The lowest BCUT2D eigenvalue weighted by Gasteiger charge is -2.58. The maximum absolute atomic E-state index is 11.6. The Balaban J connectivity index is 1.35. The molecule has 5 aliphatic rings. The number of allylic oxidation sites excluding steroid dienone is 2. The number of amides is 1. The maximum atomic E-state index is 11.6. The van der Waals surface area contributed by atoms with E-state index in [1.54, 1.807) is 12.5 Å². The zero-order valence-corrected chi connectivity index (χ0v) is 25.0. The van der Waals surface area contributed by atoms with E-state index in [1.165, 1.54) is 43.9 Å². The molecule has 1 aliphatic heterocycles. The Morgan fingerprint density at radius 2 is 1.95 bits per heavy atom. The molecule has 5 rings (SSSR count). The molecule has 0 aromatic heterocycles. The number of hydrogen-bond donors (Lipinski definition) is 1. The summed E-state index contributed by atoms with van der Waals surface area (Å²) in [5.41, 5.74) is 3.57. The Hall–Kier alpha value is -1.78. The number of hydrogen-bond acceptors (Lipinski definition) is 4. The highest BCUT2D eigenvalue weighted by molar-refractivity contribution is 5.72. The van der Waals surface area contributed by atoms with Crippen LogP contribution in [0.25, 0.3) is 0 Å². The predicted molar refractivity (Wildman–Crippen MR) is 150 cm³/mol. The minimum Gasteiger partial charge on any atom is -0.491 e. The lowest BCUT2D eigenvalue weighted by Crippen LogP contribution is -2.50. The summed E-state index contributed by atoms with van der Waals surface area (Å²) in [4.78, 5) is 22.9. The van der Waals surface area contributed by atoms with E-state index in [1.807, 2.05) is 0 Å². The van der Waals surface area contributed by atoms with Crippen molar-refractivity contribution >= 4 is 11.9 Å². The molecule has 0 aromatic rings. The summed E-state index contributed by atoms with van der Waals surface area (Å²) in [5.74, 6) is 4.26. The summed E-state index contributed by atoms with van der Waals surface area (Å²) in [5, 5.41) is 2.97. The second-order valence-corrected chi connectivity index (χ2v) is 14.1. The van der Waals surface area contributed by atoms with Crippen LogP contribution in [0.4, 0.5) is 0 Å². The Kier molecular flexibility index (Phi) is 7.31. The molecule has 0 spiro atoms. The molecule has 5 nitrogen and oxygen atoms in total. The molecule has 212 valence electrons. The van der Waals surface area contributed by atoms with Crippen molar-refractivity contribution in [1.82, 2.24) is 5.32 Å². The maximum Gasteiger partial charge on any atom is 0.302 e. The largest absolute Gasteiger partial charge is 0.491 e. The van der Waals surface area contributed by atoms with Crippen molar-refractivity contribution < 1.29 is 19.1 Å². The number of ether oxygens (including phenoxy) is 2. The van der Waals surface area contributed by atoms with Crippen molar-refractivity contribution in [1.29, 1.82) is 0 Å². The number of carbonyl (C=O) groups excluding carboxylic acids is 2. The van der Waals surface area contributed by atoms with Crippen LogP contribution in [-0.2, 0) is 19.1 Å². The first-order valence-corrected chi connectivity index (χ1v) is 15.4. The zero-order chi connectivity index (χ0) is 27.5. The molecule has 0 bridgehead atoms. The van der Waals surface area contributed by atoms with Gasteiger partial charge in [-0.05, 0) is 98.4 Å². The van der Waals surface area contributed by atoms with Crippen molar-refractivity contribution in [3.05, 3.63) is 23.0 Å². The van der Waals surface area contributed by atoms with Gasteiger partial charge in [-0.25, -0.2) is 0 Å². The Morgan fingerprint density at radius 3 is 2.63 bits per heavy atom. The van der Waals surface area contributed by atoms with Gasteiger partial charge < -0.3 is 14.8 Å². The monoisotopic (exact) mass is 525 g/mol. The van der Waals surface area contributed by atoms with Gasteiger partial charge in [-0.3, -0.25) is 9.59 Å². The summed E-state index contributed by atoms with van der Waals surface area (Å²) in [6.45, 7) is 15.9. The van der Waals surface area contributed by atoms with Crippen molar-refractivity contribution in [3.63, 3.8) is 0 Å². The van der Waals surface area contributed by atoms with Crippen LogP contribution in [0, 0.1) is 40.4 Å². The fourth-order valence-electron chi connectivity index (χ4n) is 10.1. The highest BCUT2D eigenvalue weighted by Crippen LogP contribution is 2.72. The van der Waals surface area contributed by atoms with Crippen molar-refractivity contribution in [2.24, 2.45) is 40.4 Å². The summed E-state index contributed by atoms with van der Waals surface area (Å²) in [7, 11) is 0. The van der Waals surface area contributed by atoms with Crippen LogP contribution < -0.4 is 5.32 Å². The van der Waals surface area contributed by atoms with E-state index >= 15 is 0 Å². The third-order valence-electron chi connectivity index (χ3n) is 11.9. The summed E-state index contributed by atoms with van der Waals surface area (Å²) in [6.07, 6.45) is 13.7. The van der Waals surface area contributed by atoms with Crippen molar-refractivity contribution in [2.45, 2.75) is 124 Å². The van der Waals surface area contributed by atoms with E-state index in [4.69, 9.17) is 9.47 Å². The zero-order valence-electron chi connectivity index (χ0n) is 25.0. The molecule has 38 heavy (non-hydrogen) atoms. The molecular formula is C33H51NO4. The van der Waals surface area contributed by atoms with Crippen LogP contribution in [-0.4, -0.2) is 30.1 Å². The molecule has 1 heterocycles. The number of fused-ring (bicyclic) bond motifs is 7. The van der Waals surface area contributed by atoms with E-state index in [9.17, 15) is 9.59 Å². The number of nitrogens with one attached hydrogen (secondary N) is 1. The normalized spacial score (nSPS) is 42.2. The Labute approximate surface area is 230 Å². The number of esters is 1. The third kappa shape index (κ3) is 4.44. The minimum absolute atomic E-state index is 0.0491.